The standard InChI is InChI=1S/C26H25BrN4O/c27-18-9-10-23-20(11-18)22(15-29-23)25-12-21(19-3-1-2-4-24(19)31-25)26(32)30-14-17-7-5-16(13-28)6-8-17/h1-11,15,21,25,29,31H,12-14,28H2,(H,30,32). The number of H-pyrrole nitrogens is 1. The van der Waals surface area contributed by atoms with E-state index in [-0.39, 0.29) is 17.9 Å². The molecular weight excluding hydrogens is 464 g/mol. The van der Waals surface area contributed by atoms with Crippen molar-refractivity contribution < 1.29 is 4.79 Å². The highest BCUT2D eigenvalue weighted by molar-refractivity contribution is 9.10. The number of benzene rings is 3. The second-order valence-electron chi connectivity index (χ2n) is 8.24. The van der Waals surface area contributed by atoms with E-state index < -0.39 is 0 Å². The average Bonchev–Trinajstić information content (AvgIpc) is 3.25. The first kappa shape index (κ1) is 20.8. The van der Waals surface area contributed by atoms with Crippen LogP contribution < -0.4 is 16.4 Å². The monoisotopic (exact) mass is 488 g/mol. The number of aromatic nitrogens is 1. The number of carbonyl (C=O) groups is 1. The summed E-state index contributed by atoms with van der Waals surface area (Å²) in [6.45, 7) is 1.02. The summed E-state index contributed by atoms with van der Waals surface area (Å²) in [6, 6.07) is 22.4. The molecule has 6 heteroatoms. The second kappa shape index (κ2) is 8.81. The fraction of sp³-hybridized carbons (Fsp3) is 0.192. The maximum absolute atomic E-state index is 13.3. The quantitative estimate of drug-likeness (QED) is 0.305. The van der Waals surface area contributed by atoms with Crippen LogP contribution in [0.2, 0.25) is 0 Å². The average molecular weight is 489 g/mol. The molecule has 0 spiro atoms. The van der Waals surface area contributed by atoms with Crippen molar-refractivity contribution in [1.82, 2.24) is 10.3 Å². The fourth-order valence-electron chi connectivity index (χ4n) is 4.50. The Hall–Kier alpha value is -3.09. The number of hydrogen-bond acceptors (Lipinski definition) is 3. The molecule has 1 amide bonds. The summed E-state index contributed by atoms with van der Waals surface area (Å²) in [4.78, 5) is 16.7. The van der Waals surface area contributed by atoms with Crippen molar-refractivity contribution in [2.75, 3.05) is 5.32 Å². The molecule has 2 unspecified atom stereocenters. The number of nitrogens with two attached hydrogens (primary N) is 1. The zero-order valence-corrected chi connectivity index (χ0v) is 19.2. The van der Waals surface area contributed by atoms with Crippen LogP contribution in [0, 0.1) is 0 Å². The van der Waals surface area contributed by atoms with Crippen LogP contribution in [-0.2, 0) is 17.9 Å². The number of fused-ring (bicyclic) bond motifs is 2. The highest BCUT2D eigenvalue weighted by Crippen LogP contribution is 2.42. The van der Waals surface area contributed by atoms with Crippen molar-refractivity contribution >= 4 is 38.4 Å². The second-order valence-corrected chi connectivity index (χ2v) is 9.16. The molecule has 0 saturated heterocycles. The van der Waals surface area contributed by atoms with Gasteiger partial charge in [0.15, 0.2) is 0 Å². The SMILES string of the molecule is NCc1ccc(CNC(=O)C2CC(c3c[nH]c4ccc(Br)cc34)Nc3ccccc32)cc1. The van der Waals surface area contributed by atoms with Crippen LogP contribution in [0.5, 0.6) is 0 Å². The molecule has 1 aliphatic heterocycles. The summed E-state index contributed by atoms with van der Waals surface area (Å²) in [6.07, 6.45) is 2.74. The molecule has 2 atom stereocenters. The number of amides is 1. The zero-order chi connectivity index (χ0) is 22.1. The molecule has 32 heavy (non-hydrogen) atoms. The summed E-state index contributed by atoms with van der Waals surface area (Å²) in [7, 11) is 0. The van der Waals surface area contributed by atoms with Crippen molar-refractivity contribution in [2.45, 2.75) is 31.5 Å². The summed E-state index contributed by atoms with van der Waals surface area (Å²) in [5, 5.41) is 7.96. The molecule has 5 nitrogen and oxygen atoms in total. The van der Waals surface area contributed by atoms with Gasteiger partial charge in [-0.15, -0.1) is 0 Å². The van der Waals surface area contributed by atoms with Gasteiger partial charge in [0, 0.05) is 40.3 Å². The third-order valence-electron chi connectivity index (χ3n) is 6.23. The fourth-order valence-corrected chi connectivity index (χ4v) is 4.86. The van der Waals surface area contributed by atoms with Crippen LogP contribution in [0.25, 0.3) is 10.9 Å². The number of rotatable bonds is 5. The lowest BCUT2D eigenvalue weighted by Gasteiger charge is -2.32. The van der Waals surface area contributed by atoms with Crippen molar-refractivity contribution in [1.29, 1.82) is 0 Å². The van der Waals surface area contributed by atoms with Gasteiger partial charge in [0.25, 0.3) is 0 Å². The maximum atomic E-state index is 13.3. The van der Waals surface area contributed by atoms with E-state index in [9.17, 15) is 4.79 Å². The van der Waals surface area contributed by atoms with E-state index >= 15 is 0 Å². The molecule has 5 rings (SSSR count). The minimum atomic E-state index is -0.224. The Bertz CT molecular complexity index is 1260. The lowest BCUT2D eigenvalue weighted by Crippen LogP contribution is -2.34. The number of carbonyl (C=O) groups excluding carboxylic acids is 1. The minimum absolute atomic E-state index is 0.0348. The van der Waals surface area contributed by atoms with E-state index in [1.807, 2.05) is 48.5 Å². The largest absolute Gasteiger partial charge is 0.378 e. The molecule has 0 fully saturated rings. The van der Waals surface area contributed by atoms with E-state index in [4.69, 9.17) is 5.73 Å². The van der Waals surface area contributed by atoms with E-state index in [0.717, 1.165) is 37.8 Å². The third kappa shape index (κ3) is 4.04. The number of nitrogens with one attached hydrogen (secondary N) is 3. The van der Waals surface area contributed by atoms with Crippen LogP contribution in [0.15, 0.2) is 77.4 Å². The van der Waals surface area contributed by atoms with Crippen LogP contribution in [0.1, 0.15) is 40.6 Å². The van der Waals surface area contributed by atoms with Crippen molar-refractivity contribution in [2.24, 2.45) is 5.73 Å². The summed E-state index contributed by atoms with van der Waals surface area (Å²) < 4.78 is 1.04. The minimum Gasteiger partial charge on any atom is -0.378 e. The highest BCUT2D eigenvalue weighted by Gasteiger charge is 2.33. The Morgan fingerprint density at radius 2 is 1.81 bits per heavy atom. The molecule has 1 aromatic heterocycles. The van der Waals surface area contributed by atoms with Crippen LogP contribution >= 0.6 is 15.9 Å². The van der Waals surface area contributed by atoms with Crippen molar-refractivity contribution in [3.63, 3.8) is 0 Å². The molecule has 162 valence electrons. The maximum Gasteiger partial charge on any atom is 0.227 e. The lowest BCUT2D eigenvalue weighted by molar-refractivity contribution is -0.123. The molecule has 0 radical (unpaired) electrons. The molecule has 5 N–H and O–H groups in total. The molecule has 0 saturated carbocycles. The first-order valence-electron chi connectivity index (χ1n) is 10.8. The van der Waals surface area contributed by atoms with Gasteiger partial charge in [-0.1, -0.05) is 58.4 Å². The van der Waals surface area contributed by atoms with Gasteiger partial charge in [0.2, 0.25) is 5.91 Å². The normalized spacial score (nSPS) is 17.6. The lowest BCUT2D eigenvalue weighted by atomic mass is 9.83. The highest BCUT2D eigenvalue weighted by atomic mass is 79.9. The number of hydrogen-bond donors (Lipinski definition) is 4. The van der Waals surface area contributed by atoms with Gasteiger partial charge in [-0.05, 0) is 52.9 Å². The van der Waals surface area contributed by atoms with Gasteiger partial charge in [-0.25, -0.2) is 0 Å². The number of halogens is 1. The molecule has 2 heterocycles. The topological polar surface area (TPSA) is 82.9 Å². The molecule has 0 bridgehead atoms. The summed E-state index contributed by atoms with van der Waals surface area (Å²) >= 11 is 3.58. The van der Waals surface area contributed by atoms with E-state index in [0.29, 0.717) is 19.5 Å². The van der Waals surface area contributed by atoms with E-state index in [1.54, 1.807) is 0 Å². The van der Waals surface area contributed by atoms with Crippen LogP contribution in [0.4, 0.5) is 5.69 Å². The Kier molecular flexibility index (Phi) is 5.72. The van der Waals surface area contributed by atoms with Gasteiger partial charge >= 0.3 is 0 Å². The van der Waals surface area contributed by atoms with Gasteiger partial charge < -0.3 is 21.4 Å². The Balaban J connectivity index is 1.40. The first-order chi connectivity index (χ1) is 15.6. The predicted octanol–water partition coefficient (Wildman–Crippen LogP) is 5.35. The van der Waals surface area contributed by atoms with Gasteiger partial charge in [-0.2, -0.15) is 0 Å². The van der Waals surface area contributed by atoms with Crippen molar-refractivity contribution in [3.8, 4) is 0 Å². The Morgan fingerprint density at radius 1 is 1.03 bits per heavy atom. The van der Waals surface area contributed by atoms with E-state index in [2.05, 4.69) is 55.9 Å². The molecule has 0 aliphatic carbocycles. The zero-order valence-electron chi connectivity index (χ0n) is 17.6. The smallest absolute Gasteiger partial charge is 0.227 e. The first-order valence-corrected chi connectivity index (χ1v) is 11.6. The molecule has 1 aliphatic rings. The number of para-hydroxylation sites is 1. The predicted molar refractivity (Wildman–Crippen MR) is 132 cm³/mol. The van der Waals surface area contributed by atoms with Crippen molar-refractivity contribution in [3.05, 3.63) is 99.7 Å². The number of anilines is 1. The summed E-state index contributed by atoms with van der Waals surface area (Å²) in [5.74, 6) is -0.175. The van der Waals surface area contributed by atoms with Crippen LogP contribution in [-0.4, -0.2) is 10.9 Å². The van der Waals surface area contributed by atoms with Gasteiger partial charge in [0.1, 0.15) is 0 Å². The Morgan fingerprint density at radius 3 is 2.62 bits per heavy atom. The number of aromatic amines is 1. The third-order valence-corrected chi connectivity index (χ3v) is 6.72. The molecule has 3 aromatic carbocycles. The van der Waals surface area contributed by atoms with Crippen LogP contribution in [0.3, 0.4) is 0 Å². The van der Waals surface area contributed by atoms with Gasteiger partial charge in [-0.3, -0.25) is 4.79 Å². The molecule has 4 aromatic rings. The van der Waals surface area contributed by atoms with Gasteiger partial charge in [0.05, 0.1) is 12.0 Å². The van der Waals surface area contributed by atoms with E-state index in [1.165, 1.54) is 5.56 Å². The molecular formula is C26H25BrN4O. The summed E-state index contributed by atoms with van der Waals surface area (Å²) in [5.41, 5.74) is 12.1. The Labute approximate surface area is 195 Å².